The van der Waals surface area contributed by atoms with Crippen molar-refractivity contribution in [2.45, 2.75) is 32.9 Å². The first-order valence-electron chi connectivity index (χ1n) is 6.88. The van der Waals surface area contributed by atoms with Crippen LogP contribution in [-0.2, 0) is 13.0 Å². The lowest BCUT2D eigenvalue weighted by Gasteiger charge is -2.16. The van der Waals surface area contributed by atoms with Crippen LogP contribution in [0.15, 0.2) is 36.4 Å². The number of hydrogen-bond acceptors (Lipinski definition) is 2. The molecule has 4 heteroatoms. The summed E-state index contributed by atoms with van der Waals surface area (Å²) in [7, 11) is 0. The van der Waals surface area contributed by atoms with Gasteiger partial charge in [0.1, 0.15) is 12.4 Å². The Bertz CT molecular complexity index is 626. The molecule has 2 rings (SSSR count). The van der Waals surface area contributed by atoms with Crippen molar-refractivity contribution >= 4 is 23.2 Å². The van der Waals surface area contributed by atoms with E-state index in [0.717, 1.165) is 11.1 Å². The fourth-order valence-electron chi connectivity index (χ4n) is 2.20. The van der Waals surface area contributed by atoms with Gasteiger partial charge in [0.2, 0.25) is 0 Å². The summed E-state index contributed by atoms with van der Waals surface area (Å²) >= 11 is 12.3. The van der Waals surface area contributed by atoms with Gasteiger partial charge >= 0.3 is 0 Å². The van der Waals surface area contributed by atoms with Crippen LogP contribution in [0.2, 0.25) is 10.0 Å². The molecule has 0 saturated carbocycles. The van der Waals surface area contributed by atoms with Crippen LogP contribution in [0.4, 0.5) is 0 Å². The maximum absolute atomic E-state index is 6.27. The van der Waals surface area contributed by atoms with E-state index in [-0.39, 0.29) is 6.04 Å². The topological polar surface area (TPSA) is 35.2 Å². The molecule has 0 saturated heterocycles. The Labute approximate surface area is 135 Å². The molecule has 2 N–H and O–H groups in total. The highest BCUT2D eigenvalue weighted by Gasteiger charge is 2.13. The van der Waals surface area contributed by atoms with E-state index in [1.807, 2.05) is 31.2 Å². The zero-order chi connectivity index (χ0) is 15.4. The Hall–Kier alpha value is -1.22. The molecule has 2 aromatic carbocycles. The highest BCUT2D eigenvalue weighted by molar-refractivity contribution is 6.35. The first kappa shape index (κ1) is 16.2. The zero-order valence-electron chi connectivity index (χ0n) is 12.2. The second-order valence-electron chi connectivity index (χ2n) is 5.27. The normalized spacial score (nSPS) is 12.2. The van der Waals surface area contributed by atoms with Crippen molar-refractivity contribution in [1.29, 1.82) is 0 Å². The zero-order valence-corrected chi connectivity index (χ0v) is 13.7. The summed E-state index contributed by atoms with van der Waals surface area (Å²) in [4.78, 5) is 0. The van der Waals surface area contributed by atoms with Gasteiger partial charge in [0.05, 0.1) is 5.02 Å². The van der Waals surface area contributed by atoms with E-state index in [4.69, 9.17) is 33.7 Å². The Kier molecular flexibility index (Phi) is 5.51. The molecular weight excluding hydrogens is 305 g/mol. The van der Waals surface area contributed by atoms with Gasteiger partial charge in [-0.3, -0.25) is 0 Å². The van der Waals surface area contributed by atoms with Crippen molar-refractivity contribution in [2.75, 3.05) is 0 Å². The fraction of sp³-hybridized carbons (Fsp3) is 0.294. The third-order valence-corrected chi connectivity index (χ3v) is 3.76. The molecule has 0 aliphatic rings. The maximum atomic E-state index is 6.27. The number of ether oxygens (including phenoxy) is 1. The van der Waals surface area contributed by atoms with Crippen molar-refractivity contribution in [3.63, 3.8) is 0 Å². The monoisotopic (exact) mass is 323 g/mol. The second-order valence-corrected chi connectivity index (χ2v) is 6.12. The number of nitrogens with two attached hydrogens (primary N) is 1. The first-order valence-corrected chi connectivity index (χ1v) is 7.63. The van der Waals surface area contributed by atoms with E-state index in [1.54, 1.807) is 6.07 Å². The van der Waals surface area contributed by atoms with Crippen LogP contribution >= 0.6 is 23.2 Å². The molecule has 0 aromatic heterocycles. The van der Waals surface area contributed by atoms with Gasteiger partial charge in [0.15, 0.2) is 0 Å². The van der Waals surface area contributed by atoms with Crippen LogP contribution in [0.3, 0.4) is 0 Å². The molecule has 0 fully saturated rings. The molecule has 112 valence electrons. The molecule has 1 unspecified atom stereocenters. The Morgan fingerprint density at radius 3 is 2.52 bits per heavy atom. The van der Waals surface area contributed by atoms with Gasteiger partial charge in [-0.15, -0.1) is 0 Å². The molecule has 0 bridgehead atoms. The third-order valence-electron chi connectivity index (χ3n) is 3.26. The predicted molar refractivity (Wildman–Crippen MR) is 89.3 cm³/mol. The molecule has 2 aromatic rings. The van der Waals surface area contributed by atoms with Crippen LogP contribution in [0, 0.1) is 6.92 Å². The largest absolute Gasteiger partial charge is 0.487 e. The van der Waals surface area contributed by atoms with E-state index in [9.17, 15) is 0 Å². The smallest absolute Gasteiger partial charge is 0.141 e. The molecule has 0 aliphatic carbocycles. The minimum Gasteiger partial charge on any atom is -0.487 e. The van der Waals surface area contributed by atoms with E-state index < -0.39 is 0 Å². The molecule has 0 spiro atoms. The summed E-state index contributed by atoms with van der Waals surface area (Å²) in [5.74, 6) is 0.668. The summed E-state index contributed by atoms with van der Waals surface area (Å²) in [6, 6.07) is 11.7. The number of halogens is 2. The number of aryl methyl sites for hydroxylation is 1. The SMILES string of the molecule is Cc1ccccc1COc1c(Cl)cc(Cl)cc1CC(C)N. The lowest BCUT2D eigenvalue weighted by atomic mass is 10.1. The van der Waals surface area contributed by atoms with Crippen molar-refractivity contribution in [3.05, 3.63) is 63.1 Å². The van der Waals surface area contributed by atoms with Gasteiger partial charge in [0.25, 0.3) is 0 Å². The molecule has 2 nitrogen and oxygen atoms in total. The van der Waals surface area contributed by atoms with Gasteiger partial charge in [-0.1, -0.05) is 47.5 Å². The fourth-order valence-corrected chi connectivity index (χ4v) is 2.79. The van der Waals surface area contributed by atoms with Crippen molar-refractivity contribution < 1.29 is 4.74 Å². The van der Waals surface area contributed by atoms with Crippen molar-refractivity contribution in [1.82, 2.24) is 0 Å². The average Bonchev–Trinajstić information content (AvgIpc) is 2.38. The number of hydrogen-bond donors (Lipinski definition) is 1. The van der Waals surface area contributed by atoms with Crippen LogP contribution < -0.4 is 10.5 Å². The highest BCUT2D eigenvalue weighted by atomic mass is 35.5. The predicted octanol–water partition coefficient (Wildman–Crippen LogP) is 4.77. The van der Waals surface area contributed by atoms with Gasteiger partial charge in [-0.25, -0.2) is 0 Å². The van der Waals surface area contributed by atoms with Crippen LogP contribution in [0.5, 0.6) is 5.75 Å². The minimum absolute atomic E-state index is 0.0142. The third kappa shape index (κ3) is 4.37. The quantitative estimate of drug-likeness (QED) is 0.860. The Balaban J connectivity index is 2.24. The summed E-state index contributed by atoms with van der Waals surface area (Å²) < 4.78 is 5.94. The molecule has 0 amide bonds. The summed E-state index contributed by atoms with van der Waals surface area (Å²) in [6.45, 7) is 4.48. The van der Waals surface area contributed by atoms with E-state index in [0.29, 0.717) is 28.8 Å². The van der Waals surface area contributed by atoms with Crippen LogP contribution in [-0.4, -0.2) is 6.04 Å². The first-order chi connectivity index (χ1) is 9.97. The van der Waals surface area contributed by atoms with Crippen molar-refractivity contribution in [2.24, 2.45) is 5.73 Å². The van der Waals surface area contributed by atoms with E-state index in [1.165, 1.54) is 5.56 Å². The summed E-state index contributed by atoms with van der Waals surface area (Å²) in [5.41, 5.74) is 9.15. The van der Waals surface area contributed by atoms with Gasteiger partial charge in [-0.05, 0) is 49.1 Å². The lowest BCUT2D eigenvalue weighted by Crippen LogP contribution is -2.18. The van der Waals surface area contributed by atoms with Crippen molar-refractivity contribution in [3.8, 4) is 5.75 Å². The Morgan fingerprint density at radius 1 is 1.14 bits per heavy atom. The van der Waals surface area contributed by atoms with Crippen LogP contribution in [0.25, 0.3) is 0 Å². The standard InChI is InChI=1S/C17H19Cl2NO/c1-11-5-3-4-6-13(11)10-21-17-14(7-12(2)20)8-15(18)9-16(17)19/h3-6,8-9,12H,7,10,20H2,1-2H3. The lowest BCUT2D eigenvalue weighted by molar-refractivity contribution is 0.302. The molecule has 21 heavy (non-hydrogen) atoms. The molecule has 0 radical (unpaired) electrons. The van der Waals surface area contributed by atoms with Gasteiger partial charge < -0.3 is 10.5 Å². The molecule has 0 aliphatic heterocycles. The highest BCUT2D eigenvalue weighted by Crippen LogP contribution is 2.33. The second kappa shape index (κ2) is 7.17. The Morgan fingerprint density at radius 2 is 1.86 bits per heavy atom. The number of benzene rings is 2. The minimum atomic E-state index is 0.0142. The summed E-state index contributed by atoms with van der Waals surface area (Å²) in [6.07, 6.45) is 0.670. The van der Waals surface area contributed by atoms with Crippen LogP contribution in [0.1, 0.15) is 23.6 Å². The number of rotatable bonds is 5. The van der Waals surface area contributed by atoms with E-state index >= 15 is 0 Å². The molecule has 0 heterocycles. The maximum Gasteiger partial charge on any atom is 0.141 e. The summed E-state index contributed by atoms with van der Waals surface area (Å²) in [5, 5.41) is 1.12. The van der Waals surface area contributed by atoms with Gasteiger partial charge in [0, 0.05) is 11.1 Å². The molecule has 1 atom stereocenters. The van der Waals surface area contributed by atoms with E-state index in [2.05, 4.69) is 13.0 Å². The average molecular weight is 324 g/mol. The van der Waals surface area contributed by atoms with Gasteiger partial charge in [-0.2, -0.15) is 0 Å². The molecular formula is C17H19Cl2NO.